The maximum atomic E-state index is 11.5. The van der Waals surface area contributed by atoms with E-state index in [1.54, 1.807) is 0 Å². The van der Waals surface area contributed by atoms with Crippen molar-refractivity contribution < 1.29 is 19.4 Å². The van der Waals surface area contributed by atoms with Crippen LogP contribution in [-0.2, 0) is 9.53 Å². The number of carbonyl (C=O) groups is 2. The molecular formula is C12H22N2O4. The van der Waals surface area contributed by atoms with Gasteiger partial charge in [0.25, 0.3) is 0 Å². The van der Waals surface area contributed by atoms with Gasteiger partial charge >= 0.3 is 12.0 Å². The van der Waals surface area contributed by atoms with Crippen LogP contribution in [0.15, 0.2) is 0 Å². The van der Waals surface area contributed by atoms with E-state index in [1.807, 2.05) is 6.92 Å². The number of amides is 2. The van der Waals surface area contributed by atoms with E-state index in [0.717, 1.165) is 19.4 Å². The van der Waals surface area contributed by atoms with E-state index in [0.29, 0.717) is 31.9 Å². The SMILES string of the molecule is CCC[C@H](NC(=O)NCC1CCCOC1)C(=O)O. The monoisotopic (exact) mass is 258 g/mol. The number of ether oxygens (including phenoxy) is 1. The first-order valence-electron chi connectivity index (χ1n) is 6.48. The van der Waals surface area contributed by atoms with Gasteiger partial charge in [-0.05, 0) is 25.2 Å². The summed E-state index contributed by atoms with van der Waals surface area (Å²) in [6.45, 7) is 3.87. The van der Waals surface area contributed by atoms with E-state index < -0.39 is 18.0 Å². The lowest BCUT2D eigenvalue weighted by molar-refractivity contribution is -0.139. The largest absolute Gasteiger partial charge is 0.480 e. The third-order valence-corrected chi connectivity index (χ3v) is 2.99. The van der Waals surface area contributed by atoms with Crippen LogP contribution in [0.4, 0.5) is 4.79 Å². The standard InChI is InChI=1S/C12H22N2O4/c1-2-4-10(11(15)16)14-12(17)13-7-9-5-3-6-18-8-9/h9-10H,2-8H2,1H3,(H,15,16)(H2,13,14,17)/t9?,10-/m0/s1. The van der Waals surface area contributed by atoms with E-state index in [2.05, 4.69) is 10.6 Å². The molecule has 104 valence electrons. The second kappa shape index (κ2) is 7.92. The molecule has 6 heteroatoms. The minimum Gasteiger partial charge on any atom is -0.480 e. The Morgan fingerprint density at radius 2 is 2.28 bits per heavy atom. The van der Waals surface area contributed by atoms with Crippen LogP contribution in [0.25, 0.3) is 0 Å². The van der Waals surface area contributed by atoms with Crippen LogP contribution in [0, 0.1) is 5.92 Å². The molecule has 0 saturated carbocycles. The van der Waals surface area contributed by atoms with Crippen molar-refractivity contribution in [1.82, 2.24) is 10.6 Å². The van der Waals surface area contributed by atoms with Crippen molar-refractivity contribution in [2.24, 2.45) is 5.92 Å². The number of hydrogen-bond donors (Lipinski definition) is 3. The van der Waals surface area contributed by atoms with Crippen molar-refractivity contribution in [3.8, 4) is 0 Å². The van der Waals surface area contributed by atoms with Crippen molar-refractivity contribution in [2.45, 2.75) is 38.6 Å². The summed E-state index contributed by atoms with van der Waals surface area (Å²) >= 11 is 0. The van der Waals surface area contributed by atoms with Crippen molar-refractivity contribution in [3.63, 3.8) is 0 Å². The Bertz CT molecular complexity index is 277. The summed E-state index contributed by atoms with van der Waals surface area (Å²) in [7, 11) is 0. The molecule has 0 aromatic rings. The fourth-order valence-corrected chi connectivity index (χ4v) is 1.96. The second-order valence-electron chi connectivity index (χ2n) is 4.62. The van der Waals surface area contributed by atoms with Crippen LogP contribution in [0.1, 0.15) is 32.6 Å². The number of hydrogen-bond acceptors (Lipinski definition) is 3. The van der Waals surface area contributed by atoms with Crippen LogP contribution in [-0.4, -0.2) is 42.9 Å². The topological polar surface area (TPSA) is 87.7 Å². The summed E-state index contributed by atoms with van der Waals surface area (Å²) in [5.74, 6) is -0.660. The highest BCUT2D eigenvalue weighted by Gasteiger charge is 2.20. The molecule has 0 bridgehead atoms. The predicted molar refractivity (Wildman–Crippen MR) is 66.4 cm³/mol. The third-order valence-electron chi connectivity index (χ3n) is 2.99. The Balaban J connectivity index is 2.24. The molecule has 0 radical (unpaired) electrons. The highest BCUT2D eigenvalue weighted by molar-refractivity contribution is 5.82. The van der Waals surface area contributed by atoms with Crippen LogP contribution in [0.2, 0.25) is 0 Å². The molecule has 2 atom stereocenters. The first-order chi connectivity index (χ1) is 8.63. The summed E-state index contributed by atoms with van der Waals surface area (Å²) in [6.07, 6.45) is 3.21. The molecule has 0 aromatic carbocycles. The first-order valence-corrected chi connectivity index (χ1v) is 6.48. The van der Waals surface area contributed by atoms with Gasteiger partial charge in [-0.3, -0.25) is 0 Å². The Labute approximate surface area is 107 Å². The minimum absolute atomic E-state index is 0.332. The van der Waals surface area contributed by atoms with E-state index >= 15 is 0 Å². The molecule has 1 aliphatic heterocycles. The summed E-state index contributed by atoms with van der Waals surface area (Å²) < 4.78 is 5.31. The Morgan fingerprint density at radius 1 is 1.50 bits per heavy atom. The fraction of sp³-hybridized carbons (Fsp3) is 0.833. The number of carboxylic acids is 1. The number of carboxylic acid groups (broad SMARTS) is 1. The molecule has 1 fully saturated rings. The number of carbonyl (C=O) groups excluding carboxylic acids is 1. The second-order valence-corrected chi connectivity index (χ2v) is 4.62. The molecule has 2 amide bonds. The lowest BCUT2D eigenvalue weighted by Gasteiger charge is -2.22. The third kappa shape index (κ3) is 5.35. The average molecular weight is 258 g/mol. The first kappa shape index (κ1) is 14.8. The van der Waals surface area contributed by atoms with E-state index in [4.69, 9.17) is 9.84 Å². The molecule has 1 saturated heterocycles. The molecule has 1 rings (SSSR count). The van der Waals surface area contributed by atoms with Crippen LogP contribution >= 0.6 is 0 Å². The lowest BCUT2D eigenvalue weighted by Crippen LogP contribution is -2.47. The van der Waals surface area contributed by atoms with Gasteiger partial charge in [0.05, 0.1) is 6.61 Å². The highest BCUT2D eigenvalue weighted by atomic mass is 16.5. The smallest absolute Gasteiger partial charge is 0.326 e. The molecule has 0 aliphatic carbocycles. The maximum Gasteiger partial charge on any atom is 0.326 e. The number of nitrogens with one attached hydrogen (secondary N) is 2. The lowest BCUT2D eigenvalue weighted by atomic mass is 10.0. The van der Waals surface area contributed by atoms with Crippen molar-refractivity contribution in [1.29, 1.82) is 0 Å². The van der Waals surface area contributed by atoms with Gasteiger partial charge in [-0.2, -0.15) is 0 Å². The molecule has 18 heavy (non-hydrogen) atoms. The van der Waals surface area contributed by atoms with Gasteiger partial charge in [-0.25, -0.2) is 9.59 Å². The van der Waals surface area contributed by atoms with Gasteiger partial charge in [0.2, 0.25) is 0 Å². The maximum absolute atomic E-state index is 11.5. The summed E-state index contributed by atoms with van der Waals surface area (Å²) in [5, 5.41) is 14.1. The van der Waals surface area contributed by atoms with Crippen molar-refractivity contribution in [3.05, 3.63) is 0 Å². The Kier molecular flexibility index (Phi) is 6.49. The Morgan fingerprint density at radius 3 is 2.83 bits per heavy atom. The minimum atomic E-state index is -0.993. The van der Waals surface area contributed by atoms with Gasteiger partial charge < -0.3 is 20.5 Å². The molecule has 0 spiro atoms. The van der Waals surface area contributed by atoms with Gasteiger partial charge in [0, 0.05) is 13.2 Å². The number of urea groups is 1. The van der Waals surface area contributed by atoms with E-state index in [1.165, 1.54) is 0 Å². The zero-order chi connectivity index (χ0) is 13.4. The van der Waals surface area contributed by atoms with Crippen LogP contribution < -0.4 is 10.6 Å². The number of aliphatic carboxylic acids is 1. The van der Waals surface area contributed by atoms with Crippen molar-refractivity contribution in [2.75, 3.05) is 19.8 Å². The molecule has 3 N–H and O–H groups in total. The Hall–Kier alpha value is -1.30. The molecule has 6 nitrogen and oxygen atoms in total. The van der Waals surface area contributed by atoms with Crippen LogP contribution in [0.5, 0.6) is 0 Å². The normalized spacial score (nSPS) is 21.1. The quantitative estimate of drug-likeness (QED) is 0.662. The van der Waals surface area contributed by atoms with Gasteiger partial charge in [0.1, 0.15) is 6.04 Å². The van der Waals surface area contributed by atoms with E-state index in [9.17, 15) is 9.59 Å². The average Bonchev–Trinajstić information content (AvgIpc) is 2.37. The molecule has 1 unspecified atom stereocenters. The summed E-state index contributed by atoms with van der Waals surface area (Å²) in [5.41, 5.74) is 0. The molecular weight excluding hydrogens is 236 g/mol. The van der Waals surface area contributed by atoms with Gasteiger partial charge in [-0.1, -0.05) is 13.3 Å². The zero-order valence-electron chi connectivity index (χ0n) is 10.8. The molecule has 1 heterocycles. The summed E-state index contributed by atoms with van der Waals surface area (Å²) in [4.78, 5) is 22.4. The molecule has 0 aromatic heterocycles. The van der Waals surface area contributed by atoms with Crippen LogP contribution in [0.3, 0.4) is 0 Å². The van der Waals surface area contributed by atoms with Gasteiger partial charge in [-0.15, -0.1) is 0 Å². The van der Waals surface area contributed by atoms with Crippen molar-refractivity contribution >= 4 is 12.0 Å². The predicted octanol–water partition coefficient (Wildman–Crippen LogP) is 0.966. The summed E-state index contributed by atoms with van der Waals surface area (Å²) in [6, 6.07) is -1.22. The zero-order valence-corrected chi connectivity index (χ0v) is 10.8. The fourth-order valence-electron chi connectivity index (χ4n) is 1.96. The molecule has 1 aliphatic rings. The number of rotatable bonds is 6. The van der Waals surface area contributed by atoms with Gasteiger partial charge in [0.15, 0.2) is 0 Å². The highest BCUT2D eigenvalue weighted by Crippen LogP contribution is 2.11. The van der Waals surface area contributed by atoms with E-state index in [-0.39, 0.29) is 0 Å².